The molecular formula is C6H8O4Pt. The molecule has 0 aliphatic carbocycles. The summed E-state index contributed by atoms with van der Waals surface area (Å²) in [4.78, 5) is 31.0. The first-order valence-electron chi connectivity index (χ1n) is 2.70. The number of ketones is 2. The fourth-order valence-electron chi connectivity index (χ4n) is 0.634. The molecule has 0 aromatic carbocycles. The molecule has 11 heavy (non-hydrogen) atoms. The minimum atomic E-state index is -1.47. The first-order valence-corrected chi connectivity index (χ1v) is 2.70. The molecule has 0 aromatic heterocycles. The molecule has 0 amide bonds. The monoisotopic (exact) mass is 339 g/mol. The van der Waals surface area contributed by atoms with E-state index in [1.807, 2.05) is 0 Å². The normalized spacial score (nSPS) is 8.64. The van der Waals surface area contributed by atoms with E-state index in [0.29, 0.717) is 0 Å². The van der Waals surface area contributed by atoms with Gasteiger partial charge >= 0.3 is 5.97 Å². The minimum absolute atomic E-state index is 0. The zero-order valence-electron chi connectivity index (χ0n) is 6.07. The van der Waals surface area contributed by atoms with Gasteiger partial charge in [-0.2, -0.15) is 0 Å². The van der Waals surface area contributed by atoms with Crippen LogP contribution in [-0.2, 0) is 35.4 Å². The van der Waals surface area contributed by atoms with Crippen LogP contribution in [0.25, 0.3) is 0 Å². The first kappa shape index (κ1) is 13.1. The minimum Gasteiger partial charge on any atom is -0.480 e. The maximum Gasteiger partial charge on any atom is 0.321 e. The Hall–Kier alpha value is -0.502. The van der Waals surface area contributed by atoms with Crippen molar-refractivity contribution in [2.75, 3.05) is 0 Å². The van der Waals surface area contributed by atoms with Gasteiger partial charge in [0.25, 0.3) is 0 Å². The molecule has 0 saturated heterocycles. The van der Waals surface area contributed by atoms with Crippen molar-refractivity contribution in [3.63, 3.8) is 0 Å². The fraction of sp³-hybridized carbons (Fsp3) is 0.500. The van der Waals surface area contributed by atoms with Crippen LogP contribution >= 0.6 is 0 Å². The Bertz CT molecular complexity index is 154. The number of aliphatic carboxylic acids is 1. The number of carboxylic acid groups (broad SMARTS) is 1. The van der Waals surface area contributed by atoms with Crippen molar-refractivity contribution in [3.8, 4) is 0 Å². The van der Waals surface area contributed by atoms with Crippen LogP contribution in [0.1, 0.15) is 13.8 Å². The third-order valence-corrected chi connectivity index (χ3v) is 1.06. The summed E-state index contributed by atoms with van der Waals surface area (Å²) in [7, 11) is 0. The van der Waals surface area contributed by atoms with Gasteiger partial charge in [0.15, 0.2) is 17.5 Å². The van der Waals surface area contributed by atoms with E-state index in [4.69, 9.17) is 5.11 Å². The molecule has 0 fully saturated rings. The molecule has 0 unspecified atom stereocenters. The second kappa shape index (κ2) is 5.19. The summed E-state index contributed by atoms with van der Waals surface area (Å²) < 4.78 is 0. The molecule has 0 aliphatic rings. The Morgan fingerprint density at radius 2 is 1.36 bits per heavy atom. The molecule has 0 atom stereocenters. The van der Waals surface area contributed by atoms with E-state index in [1.54, 1.807) is 0 Å². The van der Waals surface area contributed by atoms with E-state index in [-0.39, 0.29) is 21.1 Å². The molecule has 1 N–H and O–H groups in total. The van der Waals surface area contributed by atoms with E-state index < -0.39 is 23.5 Å². The van der Waals surface area contributed by atoms with Crippen molar-refractivity contribution in [2.45, 2.75) is 13.8 Å². The molecule has 0 aromatic rings. The van der Waals surface area contributed by atoms with Gasteiger partial charge in [-0.3, -0.25) is 14.4 Å². The van der Waals surface area contributed by atoms with Gasteiger partial charge in [-0.1, -0.05) is 0 Å². The fourth-order valence-corrected chi connectivity index (χ4v) is 0.634. The summed E-state index contributed by atoms with van der Waals surface area (Å²) >= 11 is 0. The van der Waals surface area contributed by atoms with Crippen LogP contribution < -0.4 is 0 Å². The van der Waals surface area contributed by atoms with E-state index >= 15 is 0 Å². The maximum absolute atomic E-state index is 10.4. The number of hydrogen-bond acceptors (Lipinski definition) is 3. The van der Waals surface area contributed by atoms with Crippen molar-refractivity contribution in [1.29, 1.82) is 0 Å². The third-order valence-electron chi connectivity index (χ3n) is 1.06. The Kier molecular flexibility index (Phi) is 6.19. The van der Waals surface area contributed by atoms with Gasteiger partial charge in [-0.25, -0.2) is 0 Å². The summed E-state index contributed by atoms with van der Waals surface area (Å²) in [6.45, 7) is 2.17. The average molecular weight is 339 g/mol. The van der Waals surface area contributed by atoms with Gasteiger partial charge in [-0.15, -0.1) is 0 Å². The Morgan fingerprint density at radius 1 is 1.09 bits per heavy atom. The second-order valence-corrected chi connectivity index (χ2v) is 1.99. The summed E-state index contributed by atoms with van der Waals surface area (Å²) in [5.74, 6) is -4.10. The number of Topliss-reactive ketones (excluding diaryl/α,β-unsaturated/α-hetero) is 2. The van der Waals surface area contributed by atoms with Crippen molar-refractivity contribution in [2.24, 2.45) is 5.92 Å². The number of carbonyl (C=O) groups excluding carboxylic acids is 2. The van der Waals surface area contributed by atoms with Crippen molar-refractivity contribution < 1.29 is 40.6 Å². The van der Waals surface area contributed by atoms with E-state index in [9.17, 15) is 14.4 Å². The molecule has 0 aliphatic heterocycles. The van der Waals surface area contributed by atoms with Crippen molar-refractivity contribution in [3.05, 3.63) is 0 Å². The van der Waals surface area contributed by atoms with E-state index in [0.717, 1.165) is 13.8 Å². The number of rotatable bonds is 3. The second-order valence-electron chi connectivity index (χ2n) is 1.99. The van der Waals surface area contributed by atoms with Crippen LogP contribution in [0.3, 0.4) is 0 Å². The number of carbonyl (C=O) groups is 3. The first-order chi connectivity index (χ1) is 4.46. The van der Waals surface area contributed by atoms with E-state index in [1.165, 1.54) is 0 Å². The SMILES string of the molecule is CC(=O)C(C(C)=O)C(=O)O.[Pt]. The molecule has 0 radical (unpaired) electrons. The summed E-state index contributed by atoms with van der Waals surface area (Å²) in [6, 6.07) is 0. The van der Waals surface area contributed by atoms with Crippen LogP contribution in [0.15, 0.2) is 0 Å². The van der Waals surface area contributed by atoms with Gasteiger partial charge in [0.2, 0.25) is 0 Å². The number of carboxylic acids is 1. The van der Waals surface area contributed by atoms with Crippen LogP contribution in [0.2, 0.25) is 0 Å². The Labute approximate surface area is 78.2 Å². The van der Waals surface area contributed by atoms with Crippen molar-refractivity contribution in [1.82, 2.24) is 0 Å². The molecule has 0 spiro atoms. The van der Waals surface area contributed by atoms with Crippen LogP contribution in [0.4, 0.5) is 0 Å². The molecule has 0 rings (SSSR count). The summed E-state index contributed by atoms with van der Waals surface area (Å²) in [6.07, 6.45) is 0. The Morgan fingerprint density at radius 3 is 1.36 bits per heavy atom. The van der Waals surface area contributed by atoms with Crippen LogP contribution in [-0.4, -0.2) is 22.6 Å². The quantitative estimate of drug-likeness (QED) is 0.727. The zero-order chi connectivity index (χ0) is 8.31. The topological polar surface area (TPSA) is 71.4 Å². The average Bonchev–Trinajstić information content (AvgIpc) is 1.59. The van der Waals surface area contributed by atoms with Crippen molar-refractivity contribution >= 4 is 17.5 Å². The van der Waals surface area contributed by atoms with Gasteiger partial charge in [0.05, 0.1) is 0 Å². The van der Waals surface area contributed by atoms with Crippen LogP contribution in [0.5, 0.6) is 0 Å². The van der Waals surface area contributed by atoms with Gasteiger partial charge in [-0.05, 0) is 13.8 Å². The summed E-state index contributed by atoms with van der Waals surface area (Å²) in [5.41, 5.74) is 0. The largest absolute Gasteiger partial charge is 0.480 e. The molecule has 66 valence electrons. The molecule has 0 heterocycles. The molecule has 0 bridgehead atoms. The van der Waals surface area contributed by atoms with Gasteiger partial charge < -0.3 is 5.11 Å². The van der Waals surface area contributed by atoms with Gasteiger partial charge in [0.1, 0.15) is 0 Å². The van der Waals surface area contributed by atoms with Crippen LogP contribution in [0, 0.1) is 5.92 Å². The third kappa shape index (κ3) is 4.04. The predicted molar refractivity (Wildman–Crippen MR) is 32.5 cm³/mol. The molecule has 5 heteroatoms. The number of hydrogen-bond donors (Lipinski definition) is 1. The Balaban J connectivity index is 0. The van der Waals surface area contributed by atoms with E-state index in [2.05, 4.69) is 0 Å². The predicted octanol–water partition coefficient (Wildman–Crippen LogP) is -0.137. The zero-order valence-corrected chi connectivity index (χ0v) is 8.34. The maximum atomic E-state index is 10.4. The van der Waals surface area contributed by atoms with Gasteiger partial charge in [0, 0.05) is 21.1 Å². The molecule has 0 saturated carbocycles. The molecule has 4 nitrogen and oxygen atoms in total. The standard InChI is InChI=1S/C6H8O4.Pt/c1-3(7)5(4(2)8)6(9)10;/h5H,1-2H3,(H,9,10);. The summed E-state index contributed by atoms with van der Waals surface area (Å²) in [5, 5.41) is 8.27. The molecular weight excluding hydrogens is 331 g/mol. The smallest absolute Gasteiger partial charge is 0.321 e.